The lowest BCUT2D eigenvalue weighted by atomic mass is 10.0. The summed E-state index contributed by atoms with van der Waals surface area (Å²) in [5, 5.41) is 3.37. The molecule has 0 heterocycles. The van der Waals surface area contributed by atoms with Crippen LogP contribution < -0.4 is 10.1 Å². The molecule has 0 radical (unpaired) electrons. The molecular weight excluding hydrogens is 258 g/mol. The molecule has 1 N–H and O–H groups in total. The molecular formula is C19H25NO. The summed E-state index contributed by atoms with van der Waals surface area (Å²) in [4.78, 5) is 0. The molecule has 2 aromatic carbocycles. The van der Waals surface area contributed by atoms with Crippen molar-refractivity contribution in [3.05, 3.63) is 64.7 Å². The summed E-state index contributed by atoms with van der Waals surface area (Å²) >= 11 is 0. The van der Waals surface area contributed by atoms with Gasteiger partial charge in [0.05, 0.1) is 6.04 Å². The standard InChI is InChI=1S/C19H25NO/c1-13-7-10-17(11-8-13)19(20-5)16(4)21-18-12-14(2)6-9-15(18)3/h6-12,16,19-20H,1-5H3. The summed E-state index contributed by atoms with van der Waals surface area (Å²) in [6.45, 7) is 8.39. The van der Waals surface area contributed by atoms with Crippen molar-refractivity contribution >= 4 is 0 Å². The first-order valence-corrected chi connectivity index (χ1v) is 7.49. The Morgan fingerprint density at radius 3 is 2.14 bits per heavy atom. The predicted octanol–water partition coefficient (Wildman–Crippen LogP) is 4.34. The van der Waals surface area contributed by atoms with Crippen molar-refractivity contribution in [2.45, 2.75) is 39.8 Å². The van der Waals surface area contributed by atoms with Gasteiger partial charge < -0.3 is 10.1 Å². The number of hydrogen-bond acceptors (Lipinski definition) is 2. The largest absolute Gasteiger partial charge is 0.488 e. The summed E-state index contributed by atoms with van der Waals surface area (Å²) in [6.07, 6.45) is 0.0539. The first-order valence-electron chi connectivity index (χ1n) is 7.49. The van der Waals surface area contributed by atoms with Crippen molar-refractivity contribution in [3.8, 4) is 5.75 Å². The summed E-state index contributed by atoms with van der Waals surface area (Å²) in [5.74, 6) is 0.967. The fourth-order valence-electron chi connectivity index (χ4n) is 2.55. The Morgan fingerprint density at radius 2 is 1.52 bits per heavy atom. The minimum Gasteiger partial charge on any atom is -0.488 e. The van der Waals surface area contributed by atoms with Crippen LogP contribution in [0, 0.1) is 20.8 Å². The van der Waals surface area contributed by atoms with Crippen molar-refractivity contribution in [3.63, 3.8) is 0 Å². The van der Waals surface area contributed by atoms with Gasteiger partial charge in [0.25, 0.3) is 0 Å². The Bertz CT molecular complexity index is 589. The van der Waals surface area contributed by atoms with E-state index in [0.717, 1.165) is 5.75 Å². The molecule has 0 bridgehead atoms. The molecule has 0 spiro atoms. The van der Waals surface area contributed by atoms with E-state index in [9.17, 15) is 0 Å². The minimum atomic E-state index is 0.0539. The minimum absolute atomic E-state index is 0.0539. The Balaban J connectivity index is 2.18. The van der Waals surface area contributed by atoms with E-state index in [2.05, 4.69) is 75.5 Å². The van der Waals surface area contributed by atoms with E-state index in [-0.39, 0.29) is 12.1 Å². The second kappa shape index (κ2) is 6.77. The smallest absolute Gasteiger partial charge is 0.122 e. The van der Waals surface area contributed by atoms with E-state index in [1.54, 1.807) is 0 Å². The van der Waals surface area contributed by atoms with Gasteiger partial charge in [0.15, 0.2) is 0 Å². The number of aryl methyl sites for hydroxylation is 3. The van der Waals surface area contributed by atoms with Gasteiger partial charge in [0.2, 0.25) is 0 Å². The fraction of sp³-hybridized carbons (Fsp3) is 0.368. The fourth-order valence-corrected chi connectivity index (χ4v) is 2.55. The molecule has 2 unspecified atom stereocenters. The molecule has 0 saturated heterocycles. The molecule has 112 valence electrons. The summed E-state index contributed by atoms with van der Waals surface area (Å²) in [6, 6.07) is 15.1. The van der Waals surface area contributed by atoms with Crippen LogP contribution in [0.4, 0.5) is 0 Å². The molecule has 21 heavy (non-hydrogen) atoms. The monoisotopic (exact) mass is 283 g/mol. The van der Waals surface area contributed by atoms with Gasteiger partial charge in [-0.05, 0) is 57.5 Å². The summed E-state index contributed by atoms with van der Waals surface area (Å²) in [7, 11) is 1.98. The number of ether oxygens (including phenoxy) is 1. The van der Waals surface area contributed by atoms with Gasteiger partial charge in [0, 0.05) is 0 Å². The van der Waals surface area contributed by atoms with E-state index in [0.29, 0.717) is 0 Å². The molecule has 2 aromatic rings. The molecule has 0 fully saturated rings. The lowest BCUT2D eigenvalue weighted by Gasteiger charge is -2.26. The second-order valence-electron chi connectivity index (χ2n) is 5.77. The Kier molecular flexibility index (Phi) is 5.03. The van der Waals surface area contributed by atoms with Gasteiger partial charge in [0.1, 0.15) is 11.9 Å². The second-order valence-corrected chi connectivity index (χ2v) is 5.77. The van der Waals surface area contributed by atoms with Crippen LogP contribution in [-0.4, -0.2) is 13.2 Å². The number of rotatable bonds is 5. The predicted molar refractivity (Wildman–Crippen MR) is 89.0 cm³/mol. The third-order valence-electron chi connectivity index (χ3n) is 3.87. The molecule has 0 aliphatic rings. The van der Waals surface area contributed by atoms with Crippen LogP contribution >= 0.6 is 0 Å². The third-order valence-corrected chi connectivity index (χ3v) is 3.87. The molecule has 0 saturated carbocycles. The van der Waals surface area contributed by atoms with Gasteiger partial charge in [-0.3, -0.25) is 0 Å². The van der Waals surface area contributed by atoms with Crippen LogP contribution in [0.15, 0.2) is 42.5 Å². The summed E-state index contributed by atoms with van der Waals surface area (Å²) in [5.41, 5.74) is 4.92. The van der Waals surface area contributed by atoms with Crippen molar-refractivity contribution in [2.24, 2.45) is 0 Å². The molecule has 2 heteroatoms. The van der Waals surface area contributed by atoms with Crippen molar-refractivity contribution in [1.29, 1.82) is 0 Å². The molecule has 2 rings (SSSR count). The number of nitrogens with one attached hydrogen (secondary N) is 1. The van der Waals surface area contributed by atoms with Crippen LogP contribution in [0.1, 0.15) is 35.2 Å². The van der Waals surface area contributed by atoms with Gasteiger partial charge in [-0.15, -0.1) is 0 Å². The lowest BCUT2D eigenvalue weighted by molar-refractivity contribution is 0.174. The van der Waals surface area contributed by atoms with Crippen molar-refractivity contribution in [2.75, 3.05) is 7.05 Å². The molecule has 2 nitrogen and oxygen atoms in total. The Morgan fingerprint density at radius 1 is 0.905 bits per heavy atom. The van der Waals surface area contributed by atoms with Gasteiger partial charge in [-0.2, -0.15) is 0 Å². The van der Waals surface area contributed by atoms with Crippen LogP contribution in [0.5, 0.6) is 5.75 Å². The molecule has 0 aromatic heterocycles. The number of benzene rings is 2. The first-order chi connectivity index (χ1) is 10.0. The highest BCUT2D eigenvalue weighted by Crippen LogP contribution is 2.25. The highest BCUT2D eigenvalue weighted by Gasteiger charge is 2.19. The van der Waals surface area contributed by atoms with E-state index < -0.39 is 0 Å². The molecule has 2 atom stereocenters. The maximum atomic E-state index is 6.20. The average Bonchev–Trinajstić information content (AvgIpc) is 2.46. The molecule has 0 aliphatic carbocycles. The zero-order chi connectivity index (χ0) is 15.4. The number of likely N-dealkylation sites (N-methyl/N-ethyl adjacent to an activating group) is 1. The molecule has 0 aliphatic heterocycles. The van der Waals surface area contributed by atoms with Crippen molar-refractivity contribution in [1.82, 2.24) is 5.32 Å². The van der Waals surface area contributed by atoms with Crippen LogP contribution in [0.25, 0.3) is 0 Å². The normalized spacial score (nSPS) is 13.8. The number of hydrogen-bond donors (Lipinski definition) is 1. The van der Waals surface area contributed by atoms with Gasteiger partial charge >= 0.3 is 0 Å². The van der Waals surface area contributed by atoms with E-state index in [1.807, 2.05) is 7.05 Å². The zero-order valence-corrected chi connectivity index (χ0v) is 13.6. The SMILES string of the molecule is CNC(c1ccc(C)cc1)C(C)Oc1cc(C)ccc1C. The van der Waals surface area contributed by atoms with E-state index in [4.69, 9.17) is 4.74 Å². The zero-order valence-electron chi connectivity index (χ0n) is 13.6. The quantitative estimate of drug-likeness (QED) is 0.881. The first kappa shape index (κ1) is 15.6. The average molecular weight is 283 g/mol. The maximum absolute atomic E-state index is 6.20. The highest BCUT2D eigenvalue weighted by atomic mass is 16.5. The van der Waals surface area contributed by atoms with Crippen LogP contribution in [0.2, 0.25) is 0 Å². The molecule has 0 amide bonds. The maximum Gasteiger partial charge on any atom is 0.122 e. The van der Waals surface area contributed by atoms with Crippen molar-refractivity contribution < 1.29 is 4.74 Å². The van der Waals surface area contributed by atoms with E-state index >= 15 is 0 Å². The third kappa shape index (κ3) is 3.85. The highest BCUT2D eigenvalue weighted by molar-refractivity contribution is 5.36. The van der Waals surface area contributed by atoms with Crippen LogP contribution in [0.3, 0.4) is 0 Å². The van der Waals surface area contributed by atoms with Gasteiger partial charge in [-0.25, -0.2) is 0 Å². The van der Waals surface area contributed by atoms with Crippen LogP contribution in [-0.2, 0) is 0 Å². The lowest BCUT2D eigenvalue weighted by Crippen LogP contribution is -2.31. The van der Waals surface area contributed by atoms with E-state index in [1.165, 1.54) is 22.3 Å². The topological polar surface area (TPSA) is 21.3 Å². The summed E-state index contributed by atoms with van der Waals surface area (Å²) < 4.78 is 6.20. The Hall–Kier alpha value is -1.80. The Labute approximate surface area is 128 Å². The van der Waals surface area contributed by atoms with Gasteiger partial charge in [-0.1, -0.05) is 42.0 Å².